The molecule has 3 aromatic heterocycles. The van der Waals surface area contributed by atoms with Gasteiger partial charge in [0.1, 0.15) is 6.10 Å². The molecule has 1 aliphatic heterocycles. The Morgan fingerprint density at radius 2 is 2.00 bits per heavy atom. The summed E-state index contributed by atoms with van der Waals surface area (Å²) in [6, 6.07) is 12.2. The summed E-state index contributed by atoms with van der Waals surface area (Å²) in [5, 5.41) is 4.55. The maximum atomic E-state index is 6.39. The SMILES string of the molecule is COc1ccc(C2CCc3cc(Cc4cnn5cc(C#CC(C)(C)N)ccc45)cc(OC)c3O2)cn1. The largest absolute Gasteiger partial charge is 0.493 e. The average molecular weight is 483 g/mol. The minimum Gasteiger partial charge on any atom is -0.493 e. The Bertz CT molecular complexity index is 1440. The summed E-state index contributed by atoms with van der Waals surface area (Å²) in [4.78, 5) is 4.32. The maximum Gasteiger partial charge on any atom is 0.212 e. The monoisotopic (exact) mass is 482 g/mol. The number of nitrogens with two attached hydrogens (primary N) is 1. The van der Waals surface area contributed by atoms with E-state index in [0.717, 1.165) is 64.1 Å². The molecule has 7 heteroatoms. The Morgan fingerprint density at radius 1 is 1.14 bits per heavy atom. The molecule has 1 aliphatic rings. The molecule has 0 saturated heterocycles. The highest BCUT2D eigenvalue weighted by atomic mass is 16.5. The lowest BCUT2D eigenvalue weighted by Gasteiger charge is -2.28. The number of pyridine rings is 2. The van der Waals surface area contributed by atoms with Crippen LogP contribution in [-0.2, 0) is 12.8 Å². The second-order valence-electron chi connectivity index (χ2n) is 9.63. The van der Waals surface area contributed by atoms with E-state index in [9.17, 15) is 0 Å². The molecule has 1 unspecified atom stereocenters. The van der Waals surface area contributed by atoms with Crippen LogP contribution in [0.5, 0.6) is 17.4 Å². The van der Waals surface area contributed by atoms with Gasteiger partial charge in [-0.3, -0.25) is 0 Å². The van der Waals surface area contributed by atoms with Gasteiger partial charge in [0.15, 0.2) is 11.5 Å². The summed E-state index contributed by atoms with van der Waals surface area (Å²) in [5.41, 5.74) is 11.8. The van der Waals surface area contributed by atoms with Crippen molar-refractivity contribution in [2.45, 2.75) is 44.8 Å². The molecular weight excluding hydrogens is 452 g/mol. The van der Waals surface area contributed by atoms with Crippen LogP contribution in [0.15, 0.2) is 55.0 Å². The Morgan fingerprint density at radius 3 is 2.72 bits per heavy atom. The number of hydrogen-bond donors (Lipinski definition) is 1. The Hall–Kier alpha value is -4.02. The van der Waals surface area contributed by atoms with Crippen LogP contribution in [0.3, 0.4) is 0 Å². The Balaban J connectivity index is 1.38. The molecule has 0 saturated carbocycles. The van der Waals surface area contributed by atoms with Crippen LogP contribution in [0.4, 0.5) is 0 Å². The molecule has 184 valence electrons. The molecule has 36 heavy (non-hydrogen) atoms. The molecule has 1 atom stereocenters. The van der Waals surface area contributed by atoms with E-state index in [1.54, 1.807) is 14.2 Å². The second kappa shape index (κ2) is 9.56. The molecule has 0 spiro atoms. The number of aromatic nitrogens is 3. The molecule has 0 bridgehead atoms. The predicted molar refractivity (Wildman–Crippen MR) is 139 cm³/mol. The van der Waals surface area contributed by atoms with E-state index in [4.69, 9.17) is 19.9 Å². The minimum absolute atomic E-state index is 0.0718. The first-order valence-electron chi connectivity index (χ1n) is 12.0. The number of methoxy groups -OCH3 is 2. The number of hydrogen-bond acceptors (Lipinski definition) is 6. The van der Waals surface area contributed by atoms with Crippen LogP contribution in [0.1, 0.15) is 54.2 Å². The van der Waals surface area contributed by atoms with Crippen LogP contribution >= 0.6 is 0 Å². The van der Waals surface area contributed by atoms with E-state index in [0.29, 0.717) is 5.88 Å². The van der Waals surface area contributed by atoms with Crippen LogP contribution in [-0.4, -0.2) is 34.4 Å². The number of benzene rings is 1. The lowest BCUT2D eigenvalue weighted by Crippen LogP contribution is -2.29. The fourth-order valence-electron chi connectivity index (χ4n) is 4.42. The fourth-order valence-corrected chi connectivity index (χ4v) is 4.42. The highest BCUT2D eigenvalue weighted by Gasteiger charge is 2.25. The van der Waals surface area contributed by atoms with Crippen molar-refractivity contribution in [1.82, 2.24) is 14.6 Å². The lowest BCUT2D eigenvalue weighted by molar-refractivity contribution is 0.168. The fraction of sp³-hybridized carbons (Fsp3) is 0.310. The summed E-state index contributed by atoms with van der Waals surface area (Å²) < 4.78 is 19.2. The molecule has 1 aromatic carbocycles. The molecule has 0 aliphatic carbocycles. The van der Waals surface area contributed by atoms with Crippen molar-refractivity contribution in [2.24, 2.45) is 5.73 Å². The third-order valence-electron chi connectivity index (χ3n) is 6.21. The first-order valence-corrected chi connectivity index (χ1v) is 12.0. The minimum atomic E-state index is -0.537. The Kier molecular flexibility index (Phi) is 6.29. The van der Waals surface area contributed by atoms with Crippen molar-refractivity contribution in [2.75, 3.05) is 14.2 Å². The van der Waals surface area contributed by atoms with Gasteiger partial charge < -0.3 is 19.9 Å². The van der Waals surface area contributed by atoms with E-state index in [1.807, 2.05) is 55.2 Å². The Labute approximate surface area is 211 Å². The molecular formula is C29H30N4O3. The smallest absolute Gasteiger partial charge is 0.212 e. The van der Waals surface area contributed by atoms with E-state index in [1.165, 1.54) is 0 Å². The summed E-state index contributed by atoms with van der Waals surface area (Å²) in [6.07, 6.45) is 8.09. The van der Waals surface area contributed by atoms with Gasteiger partial charge in [-0.1, -0.05) is 17.9 Å². The summed E-state index contributed by atoms with van der Waals surface area (Å²) >= 11 is 0. The van der Waals surface area contributed by atoms with Crippen LogP contribution < -0.4 is 19.9 Å². The van der Waals surface area contributed by atoms with Gasteiger partial charge in [-0.25, -0.2) is 9.50 Å². The molecule has 5 rings (SSSR count). The third-order valence-corrected chi connectivity index (χ3v) is 6.21. The molecule has 0 amide bonds. The summed E-state index contributed by atoms with van der Waals surface area (Å²) in [7, 11) is 3.29. The number of ether oxygens (including phenoxy) is 3. The van der Waals surface area contributed by atoms with Gasteiger partial charge in [-0.2, -0.15) is 5.10 Å². The van der Waals surface area contributed by atoms with E-state index < -0.39 is 5.54 Å². The highest BCUT2D eigenvalue weighted by molar-refractivity contribution is 5.59. The molecule has 4 heterocycles. The van der Waals surface area contributed by atoms with Gasteiger partial charge in [-0.05, 0) is 62.1 Å². The average Bonchev–Trinajstić information content (AvgIpc) is 3.28. The van der Waals surface area contributed by atoms with Crippen molar-refractivity contribution in [3.05, 3.63) is 82.8 Å². The molecule has 0 fully saturated rings. The van der Waals surface area contributed by atoms with Gasteiger partial charge in [0, 0.05) is 41.6 Å². The van der Waals surface area contributed by atoms with Gasteiger partial charge in [-0.15, -0.1) is 0 Å². The van der Waals surface area contributed by atoms with Gasteiger partial charge >= 0.3 is 0 Å². The number of aryl methyl sites for hydroxylation is 1. The van der Waals surface area contributed by atoms with Crippen molar-refractivity contribution < 1.29 is 14.2 Å². The zero-order chi connectivity index (χ0) is 25.3. The highest BCUT2D eigenvalue weighted by Crippen LogP contribution is 2.42. The maximum absolute atomic E-state index is 6.39. The summed E-state index contributed by atoms with van der Waals surface area (Å²) in [6.45, 7) is 3.78. The quantitative estimate of drug-likeness (QED) is 0.422. The third kappa shape index (κ3) is 5.00. The number of rotatable bonds is 5. The van der Waals surface area contributed by atoms with E-state index in [-0.39, 0.29) is 6.10 Å². The molecule has 7 nitrogen and oxygen atoms in total. The van der Waals surface area contributed by atoms with Crippen LogP contribution in [0.25, 0.3) is 5.52 Å². The zero-order valence-corrected chi connectivity index (χ0v) is 21.0. The van der Waals surface area contributed by atoms with Crippen molar-refractivity contribution in [1.29, 1.82) is 0 Å². The van der Waals surface area contributed by atoms with Crippen LogP contribution in [0.2, 0.25) is 0 Å². The first-order chi connectivity index (χ1) is 17.3. The van der Waals surface area contributed by atoms with Crippen LogP contribution in [0, 0.1) is 11.8 Å². The second-order valence-corrected chi connectivity index (χ2v) is 9.63. The number of nitrogens with zero attached hydrogens (tertiary/aromatic N) is 3. The van der Waals surface area contributed by atoms with Crippen molar-refractivity contribution >= 4 is 5.52 Å². The van der Waals surface area contributed by atoms with E-state index >= 15 is 0 Å². The van der Waals surface area contributed by atoms with E-state index in [2.05, 4.69) is 40.1 Å². The lowest BCUT2D eigenvalue weighted by atomic mass is 9.95. The predicted octanol–water partition coefficient (Wildman–Crippen LogP) is 4.49. The zero-order valence-electron chi connectivity index (χ0n) is 21.0. The normalized spacial score (nSPS) is 15.0. The molecule has 4 aromatic rings. The topological polar surface area (TPSA) is 83.9 Å². The molecule has 0 radical (unpaired) electrons. The van der Waals surface area contributed by atoms with Gasteiger partial charge in [0.25, 0.3) is 0 Å². The molecule has 2 N–H and O–H groups in total. The van der Waals surface area contributed by atoms with Gasteiger partial charge in [0.2, 0.25) is 5.88 Å². The van der Waals surface area contributed by atoms with Crippen molar-refractivity contribution in [3.8, 4) is 29.2 Å². The summed E-state index contributed by atoms with van der Waals surface area (Å²) in [5.74, 6) is 8.33. The first kappa shape index (κ1) is 23.7. The van der Waals surface area contributed by atoms with Gasteiger partial charge in [0.05, 0.1) is 31.5 Å². The number of fused-ring (bicyclic) bond motifs is 2. The standard InChI is InChI=1S/C29H30N4O3/c1-29(2,30)12-11-19-5-8-24-23(17-32-33(24)18-19)14-20-13-21-6-9-25(36-28(21)26(15-20)34-3)22-7-10-27(35-4)31-16-22/h5,7-8,10,13,15-18,25H,6,9,14,30H2,1-4H3. The van der Waals surface area contributed by atoms with Crippen molar-refractivity contribution in [3.63, 3.8) is 0 Å².